The van der Waals surface area contributed by atoms with E-state index < -0.39 is 15.1 Å². The molecule has 0 bridgehead atoms. The van der Waals surface area contributed by atoms with Crippen molar-refractivity contribution in [1.82, 2.24) is 19.7 Å². The Kier molecular flexibility index (Phi) is 4.93. The summed E-state index contributed by atoms with van der Waals surface area (Å²) >= 11 is 11.7. The number of aryl methyl sites for hydroxylation is 1. The zero-order chi connectivity index (χ0) is 16.5. The van der Waals surface area contributed by atoms with Crippen LogP contribution in [0.2, 0.25) is 10.3 Å². The van der Waals surface area contributed by atoms with Gasteiger partial charge in [-0.2, -0.15) is 10.1 Å². The van der Waals surface area contributed by atoms with Gasteiger partial charge in [0.05, 0.1) is 17.1 Å². The Morgan fingerprint density at radius 3 is 2.73 bits per heavy atom. The molecule has 2 heterocycles. The molecule has 1 N–H and O–H groups in total. The minimum Gasteiger partial charge on any atom is -0.335 e. The third kappa shape index (κ3) is 3.34. The standard InChI is InChI=1S/C12H15Cl2N5O2S/c1-4-7(2)22(20,21)11-9(6-19(3)18-11)16-10-8(13)5-15-12(14)17-10/h5-7H,4H2,1-3H3,(H,15,16,17). The molecule has 10 heteroatoms. The first-order chi connectivity index (χ1) is 10.3. The van der Waals surface area contributed by atoms with Crippen LogP contribution in [0.3, 0.4) is 0 Å². The fraction of sp³-hybridized carbons (Fsp3) is 0.417. The summed E-state index contributed by atoms with van der Waals surface area (Å²) in [4.78, 5) is 7.69. The Hall–Kier alpha value is -1.38. The molecule has 0 aliphatic carbocycles. The van der Waals surface area contributed by atoms with Gasteiger partial charge < -0.3 is 5.32 Å². The highest BCUT2D eigenvalue weighted by Gasteiger charge is 2.28. The Labute approximate surface area is 138 Å². The topological polar surface area (TPSA) is 89.8 Å². The predicted molar refractivity (Wildman–Crippen MR) is 85.5 cm³/mol. The number of aromatic nitrogens is 4. The molecule has 22 heavy (non-hydrogen) atoms. The van der Waals surface area contributed by atoms with Crippen molar-refractivity contribution in [3.05, 3.63) is 22.7 Å². The van der Waals surface area contributed by atoms with Gasteiger partial charge in [-0.3, -0.25) is 4.68 Å². The molecule has 2 rings (SSSR count). The first-order valence-electron chi connectivity index (χ1n) is 6.48. The molecule has 0 saturated heterocycles. The smallest absolute Gasteiger partial charge is 0.224 e. The number of hydrogen-bond acceptors (Lipinski definition) is 6. The molecule has 0 aromatic carbocycles. The van der Waals surface area contributed by atoms with Crippen LogP contribution in [-0.4, -0.2) is 33.4 Å². The number of sulfone groups is 1. The molecule has 0 spiro atoms. The molecule has 1 atom stereocenters. The Balaban J connectivity index is 2.47. The molecule has 0 amide bonds. The number of hydrogen-bond donors (Lipinski definition) is 1. The zero-order valence-electron chi connectivity index (χ0n) is 12.2. The van der Waals surface area contributed by atoms with Crippen molar-refractivity contribution in [2.24, 2.45) is 7.05 Å². The van der Waals surface area contributed by atoms with Crippen molar-refractivity contribution in [1.29, 1.82) is 0 Å². The van der Waals surface area contributed by atoms with Gasteiger partial charge in [-0.25, -0.2) is 13.4 Å². The maximum atomic E-state index is 12.5. The minimum absolute atomic E-state index is 0.00197. The van der Waals surface area contributed by atoms with Crippen molar-refractivity contribution in [3.8, 4) is 0 Å². The second kappa shape index (κ2) is 6.39. The average molecular weight is 364 g/mol. The monoisotopic (exact) mass is 363 g/mol. The van der Waals surface area contributed by atoms with Crippen LogP contribution in [-0.2, 0) is 16.9 Å². The number of nitrogens with zero attached hydrogens (tertiary/aromatic N) is 4. The van der Waals surface area contributed by atoms with Crippen LogP contribution in [0.25, 0.3) is 0 Å². The lowest BCUT2D eigenvalue weighted by molar-refractivity contribution is 0.573. The van der Waals surface area contributed by atoms with E-state index in [1.807, 2.05) is 0 Å². The molecule has 0 radical (unpaired) electrons. The number of nitrogens with one attached hydrogen (secondary N) is 1. The van der Waals surface area contributed by atoms with Crippen molar-refractivity contribution in [2.75, 3.05) is 5.32 Å². The fourth-order valence-corrected chi connectivity index (χ4v) is 3.48. The van der Waals surface area contributed by atoms with Gasteiger partial charge in [0.25, 0.3) is 0 Å². The van der Waals surface area contributed by atoms with E-state index in [1.54, 1.807) is 27.1 Å². The largest absolute Gasteiger partial charge is 0.335 e. The Morgan fingerprint density at radius 1 is 1.41 bits per heavy atom. The van der Waals surface area contributed by atoms with Gasteiger partial charge in [0, 0.05) is 13.2 Å². The quantitative estimate of drug-likeness (QED) is 0.821. The van der Waals surface area contributed by atoms with E-state index >= 15 is 0 Å². The lowest BCUT2D eigenvalue weighted by Gasteiger charge is -2.11. The molecule has 0 saturated carbocycles. The van der Waals surface area contributed by atoms with E-state index in [0.29, 0.717) is 12.1 Å². The van der Waals surface area contributed by atoms with Crippen LogP contribution in [0.5, 0.6) is 0 Å². The highest BCUT2D eigenvalue weighted by molar-refractivity contribution is 7.92. The van der Waals surface area contributed by atoms with Gasteiger partial charge in [-0.1, -0.05) is 18.5 Å². The molecular weight excluding hydrogens is 349 g/mol. The first kappa shape index (κ1) is 17.0. The second-order valence-corrected chi connectivity index (χ2v) is 7.77. The lowest BCUT2D eigenvalue weighted by atomic mass is 10.4. The van der Waals surface area contributed by atoms with E-state index in [4.69, 9.17) is 23.2 Å². The highest BCUT2D eigenvalue weighted by atomic mass is 35.5. The number of anilines is 2. The maximum Gasteiger partial charge on any atom is 0.224 e. The molecule has 2 aromatic heterocycles. The summed E-state index contributed by atoms with van der Waals surface area (Å²) in [6.45, 7) is 3.45. The Bertz CT molecular complexity index is 791. The van der Waals surface area contributed by atoms with Gasteiger partial charge in [0.2, 0.25) is 20.1 Å². The molecule has 2 aromatic rings. The normalized spacial score (nSPS) is 13.1. The average Bonchev–Trinajstić information content (AvgIpc) is 2.83. The maximum absolute atomic E-state index is 12.5. The molecule has 120 valence electrons. The summed E-state index contributed by atoms with van der Waals surface area (Å²) in [6, 6.07) is 0. The van der Waals surface area contributed by atoms with Crippen LogP contribution in [0.1, 0.15) is 20.3 Å². The fourth-order valence-electron chi connectivity index (χ4n) is 1.73. The molecule has 7 nitrogen and oxygen atoms in total. The van der Waals surface area contributed by atoms with Gasteiger partial charge in [-0.15, -0.1) is 0 Å². The van der Waals surface area contributed by atoms with Crippen molar-refractivity contribution in [3.63, 3.8) is 0 Å². The van der Waals surface area contributed by atoms with E-state index in [0.717, 1.165) is 0 Å². The summed E-state index contributed by atoms with van der Waals surface area (Å²) in [5, 5.41) is 6.53. The van der Waals surface area contributed by atoms with Gasteiger partial charge >= 0.3 is 0 Å². The zero-order valence-corrected chi connectivity index (χ0v) is 14.5. The summed E-state index contributed by atoms with van der Waals surface area (Å²) in [7, 11) is -1.92. The summed E-state index contributed by atoms with van der Waals surface area (Å²) in [5.74, 6) is 0.218. The van der Waals surface area contributed by atoms with E-state index in [2.05, 4.69) is 20.4 Å². The highest BCUT2D eigenvalue weighted by Crippen LogP contribution is 2.29. The SMILES string of the molecule is CCC(C)S(=O)(=O)c1nn(C)cc1Nc1nc(Cl)ncc1Cl. The van der Waals surface area contributed by atoms with Crippen LogP contribution in [0.4, 0.5) is 11.5 Å². The minimum atomic E-state index is -3.56. The van der Waals surface area contributed by atoms with Crippen molar-refractivity contribution < 1.29 is 8.42 Å². The molecule has 0 aliphatic heterocycles. The summed E-state index contributed by atoms with van der Waals surface area (Å²) in [6.07, 6.45) is 3.36. The summed E-state index contributed by atoms with van der Waals surface area (Å²) in [5.41, 5.74) is 0.291. The van der Waals surface area contributed by atoms with E-state index in [1.165, 1.54) is 10.9 Å². The van der Waals surface area contributed by atoms with Gasteiger partial charge in [0.15, 0.2) is 5.82 Å². The Morgan fingerprint density at radius 2 is 2.09 bits per heavy atom. The van der Waals surface area contributed by atoms with Crippen molar-refractivity contribution in [2.45, 2.75) is 30.5 Å². The first-order valence-corrected chi connectivity index (χ1v) is 8.78. The van der Waals surface area contributed by atoms with Crippen molar-refractivity contribution >= 4 is 44.5 Å². The third-order valence-electron chi connectivity index (χ3n) is 3.14. The predicted octanol–water partition coefficient (Wildman–Crippen LogP) is 2.83. The molecular formula is C12H15Cl2N5O2S. The number of rotatable bonds is 5. The van der Waals surface area contributed by atoms with Gasteiger partial charge in [0.1, 0.15) is 5.02 Å². The molecule has 1 unspecified atom stereocenters. The van der Waals surface area contributed by atoms with E-state index in [9.17, 15) is 8.42 Å². The molecule has 0 aliphatic rings. The van der Waals surface area contributed by atoms with Crippen LogP contribution < -0.4 is 5.32 Å². The molecule has 0 fully saturated rings. The third-order valence-corrected chi connectivity index (χ3v) is 5.83. The van der Waals surface area contributed by atoms with Crippen LogP contribution in [0, 0.1) is 0 Å². The van der Waals surface area contributed by atoms with Gasteiger partial charge in [-0.05, 0) is 24.9 Å². The van der Waals surface area contributed by atoms with Crippen LogP contribution >= 0.6 is 23.2 Å². The van der Waals surface area contributed by atoms with Crippen LogP contribution in [0.15, 0.2) is 17.4 Å². The summed E-state index contributed by atoms with van der Waals surface area (Å²) < 4.78 is 26.5. The van der Waals surface area contributed by atoms with E-state index in [-0.39, 0.29) is 21.2 Å². The number of halogens is 2. The lowest BCUT2D eigenvalue weighted by Crippen LogP contribution is -2.18. The second-order valence-electron chi connectivity index (χ2n) is 4.75.